The molecule has 0 spiro atoms. The Labute approximate surface area is 719 Å². The molecule has 3 amide bonds. The summed E-state index contributed by atoms with van der Waals surface area (Å²) in [7, 11) is 4.00. The maximum Gasteiger partial charge on any atom is 0.335 e. The van der Waals surface area contributed by atoms with Crippen LogP contribution in [0.25, 0.3) is 50.6 Å². The predicted octanol–water partition coefficient (Wildman–Crippen LogP) is 11.1. The van der Waals surface area contributed by atoms with Crippen LogP contribution in [-0.4, -0.2) is 209 Å². The third-order valence-electron chi connectivity index (χ3n) is 23.5. The van der Waals surface area contributed by atoms with Crippen LogP contribution < -0.4 is 53.4 Å². The number of para-hydroxylation sites is 3. The largest absolute Gasteiger partial charge is 0.457 e. The Hall–Kier alpha value is -14.4. The van der Waals surface area contributed by atoms with Crippen LogP contribution in [0.5, 0.6) is 34.5 Å². The number of rotatable bonds is 25. The lowest BCUT2D eigenvalue weighted by molar-refractivity contribution is -0.125. The molecule has 0 radical (unpaired) electrons. The average Bonchev–Trinajstić information content (AvgIpc) is 1.60. The first kappa shape index (κ1) is 82.9. The third-order valence-corrected chi connectivity index (χ3v) is 23.5. The smallest absolute Gasteiger partial charge is 0.335 e. The Morgan fingerprint density at radius 2 is 0.728 bits per heavy atom. The summed E-state index contributed by atoms with van der Waals surface area (Å²) >= 11 is 0. The number of pyridine rings is 1. The van der Waals surface area contributed by atoms with Gasteiger partial charge >= 0.3 is 17.1 Å². The van der Waals surface area contributed by atoms with Gasteiger partial charge in [0.25, 0.3) is 0 Å². The van der Waals surface area contributed by atoms with Crippen molar-refractivity contribution in [3.05, 3.63) is 275 Å². The van der Waals surface area contributed by atoms with Gasteiger partial charge in [0.05, 0.1) is 35.2 Å². The van der Waals surface area contributed by atoms with Crippen molar-refractivity contribution in [2.75, 3.05) is 108 Å². The summed E-state index contributed by atoms with van der Waals surface area (Å²) in [5, 5.41) is 0. The molecule has 32 nitrogen and oxygen atoms in total. The highest BCUT2D eigenvalue weighted by Gasteiger charge is 2.39. The zero-order valence-corrected chi connectivity index (χ0v) is 69.5. The van der Waals surface area contributed by atoms with Crippen LogP contribution in [0, 0.1) is 0 Å². The summed E-state index contributed by atoms with van der Waals surface area (Å²) in [6.07, 6.45) is 25.5. The molecule has 3 unspecified atom stereocenters. The first-order chi connectivity index (χ1) is 61.0. The van der Waals surface area contributed by atoms with Crippen LogP contribution in [0.15, 0.2) is 258 Å². The number of hydrogen-bond donors (Lipinski definition) is 3. The number of carbonyl (C=O) groups excluding carboxylic acids is 3. The molecule has 6 aliphatic rings. The Bertz CT molecular complexity index is 6250. The number of fused-ring (bicyclic) bond motifs is 3. The van der Waals surface area contributed by atoms with Gasteiger partial charge in [-0.3, -0.25) is 51.6 Å². The molecule has 6 aromatic carbocycles. The number of nitrogens with two attached hydrogens (primary N) is 3. The molecule has 2 saturated carbocycles. The molecule has 4 aliphatic heterocycles. The average molecular weight is 1680 g/mol. The Balaban J connectivity index is 0.000000133. The summed E-state index contributed by atoms with van der Waals surface area (Å²) in [4.78, 5) is 123. The number of amides is 3. The number of anilines is 4. The number of likely N-dealkylation sites (N-methyl/N-ethyl adjacent to an activating group) is 2. The van der Waals surface area contributed by atoms with Gasteiger partial charge in [0.2, 0.25) is 17.7 Å². The van der Waals surface area contributed by atoms with Gasteiger partial charge < -0.3 is 55.7 Å². The third kappa shape index (κ3) is 18.7. The summed E-state index contributed by atoms with van der Waals surface area (Å²) in [5.74, 6) is 5.37. The minimum absolute atomic E-state index is 0.0148. The van der Waals surface area contributed by atoms with Crippen LogP contribution in [0.4, 0.5) is 23.3 Å². The van der Waals surface area contributed by atoms with Crippen molar-refractivity contribution in [3.63, 3.8) is 0 Å². The molecule has 13 aromatic rings. The zero-order chi connectivity index (χ0) is 86.0. The minimum Gasteiger partial charge on any atom is -0.457 e. The first-order valence-corrected chi connectivity index (χ1v) is 42.3. The number of imidazole rings is 3. The second-order valence-electron chi connectivity index (χ2n) is 31.9. The number of carbonyl (C=O) groups is 3. The Kier molecular flexibility index (Phi) is 24.9. The van der Waals surface area contributed by atoms with Crippen molar-refractivity contribution >= 4 is 74.5 Å². The molecule has 640 valence electrons. The topological polar surface area (TPSA) is 357 Å². The van der Waals surface area contributed by atoms with E-state index in [0.29, 0.717) is 163 Å². The standard InChI is InChI=1S/C31H30N8O3.C31H35N7O4.C31H33N7O3/c1-36(26-10-5-6-17-33-26)18-7-11-27(40)37-19-16-23(20-37)39-30-28(29(32)34-21-35-30)38(31(39)41)22-12-14-25(15-13-22)42-24-8-3-2-4-9-24;1-35(22-14-18-41-19-15-22)16-5-8-27(39)36-17-13-24(20-36)38-30-28(29(32)33-21-34-30)37(31(38)40)23-9-11-26(12-10-23)42-25-6-3-2-4-7-25;32-29-28-30(34-20-33-29)38(31(40)37(28)23-12-14-26(15-13-23)41-25-5-2-1-3-6-25)24-16-18-35(19-24)27(39)7-4-17-36(21-8-9-21)22-10-11-22/h2-15,17,21,23H,16,18-20H2,1H3,(H2,32,34,35);2-12,21-22,24H,13-20H2,1H3,(H2,32,33,34);1-7,12-15,20-22,24H,8-11,16-19H2,(H2,32,33,34)/b11-7+;8-5+;7-4+. The molecule has 0 bridgehead atoms. The fourth-order valence-corrected chi connectivity index (χ4v) is 16.8. The van der Waals surface area contributed by atoms with Crippen molar-refractivity contribution in [1.82, 2.24) is 86.8 Å². The van der Waals surface area contributed by atoms with E-state index in [-0.39, 0.29) is 70.4 Å². The number of aromatic nitrogens is 13. The monoisotopic (exact) mass is 1680 g/mol. The van der Waals surface area contributed by atoms with Crippen molar-refractivity contribution in [1.29, 1.82) is 0 Å². The van der Waals surface area contributed by atoms with Gasteiger partial charge in [-0.2, -0.15) is 0 Å². The molecule has 32 heteroatoms. The van der Waals surface area contributed by atoms with Crippen LogP contribution in [0.2, 0.25) is 0 Å². The number of hydrogen-bond acceptors (Lipinski definition) is 23. The van der Waals surface area contributed by atoms with E-state index in [4.69, 9.17) is 36.1 Å². The number of benzene rings is 6. The van der Waals surface area contributed by atoms with E-state index in [2.05, 4.69) is 51.7 Å². The molecule has 6 fully saturated rings. The van der Waals surface area contributed by atoms with E-state index in [1.807, 2.05) is 181 Å². The maximum absolute atomic E-state index is 13.9. The van der Waals surface area contributed by atoms with Crippen LogP contribution in [-0.2, 0) is 19.1 Å². The fourth-order valence-electron chi connectivity index (χ4n) is 16.8. The van der Waals surface area contributed by atoms with E-state index in [9.17, 15) is 28.8 Å². The van der Waals surface area contributed by atoms with Gasteiger partial charge in [-0.25, -0.2) is 49.3 Å². The fraction of sp³-hybridized carbons (Fsp3) is 0.301. The summed E-state index contributed by atoms with van der Waals surface area (Å²) < 4.78 is 32.7. The molecule has 11 heterocycles. The van der Waals surface area contributed by atoms with E-state index >= 15 is 0 Å². The molecule has 4 saturated heterocycles. The van der Waals surface area contributed by atoms with Gasteiger partial charge in [-0.1, -0.05) is 78.9 Å². The second-order valence-corrected chi connectivity index (χ2v) is 31.9. The zero-order valence-electron chi connectivity index (χ0n) is 69.5. The Morgan fingerprint density at radius 1 is 0.392 bits per heavy atom. The minimum atomic E-state index is -0.291. The van der Waals surface area contributed by atoms with Crippen LogP contribution in [0.1, 0.15) is 75.9 Å². The highest BCUT2D eigenvalue weighted by atomic mass is 16.5. The summed E-state index contributed by atoms with van der Waals surface area (Å²) in [5.41, 5.74) is 22.6. The highest BCUT2D eigenvalue weighted by Crippen LogP contribution is 2.38. The predicted molar refractivity (Wildman–Crippen MR) is 477 cm³/mol. The van der Waals surface area contributed by atoms with E-state index < -0.39 is 0 Å². The van der Waals surface area contributed by atoms with Gasteiger partial charge in [0.15, 0.2) is 34.4 Å². The molecular formula is C93H98N22O10. The molecule has 125 heavy (non-hydrogen) atoms. The molecule has 3 atom stereocenters. The summed E-state index contributed by atoms with van der Waals surface area (Å²) in [6.45, 7) is 6.52. The van der Waals surface area contributed by atoms with Gasteiger partial charge in [-0.15, -0.1) is 0 Å². The summed E-state index contributed by atoms with van der Waals surface area (Å²) in [6, 6.07) is 57.0. The van der Waals surface area contributed by atoms with Crippen LogP contribution in [0.3, 0.4) is 0 Å². The number of nitrogen functional groups attached to an aromatic ring is 3. The Morgan fingerprint density at radius 3 is 1.07 bits per heavy atom. The molecular weight excluding hydrogens is 1590 g/mol. The molecule has 2 aliphatic carbocycles. The van der Waals surface area contributed by atoms with Gasteiger partial charge in [0.1, 0.15) is 75.8 Å². The van der Waals surface area contributed by atoms with Crippen LogP contribution >= 0.6 is 0 Å². The lowest BCUT2D eigenvalue weighted by atomic mass is 10.1. The highest BCUT2D eigenvalue weighted by molar-refractivity contribution is 5.90. The number of ether oxygens (including phenoxy) is 4. The maximum atomic E-state index is 13.9. The van der Waals surface area contributed by atoms with E-state index in [0.717, 1.165) is 49.9 Å². The number of nitrogens with zero attached hydrogens (tertiary/aromatic N) is 19. The lowest BCUT2D eigenvalue weighted by Crippen LogP contribution is -2.36. The lowest BCUT2D eigenvalue weighted by Gasteiger charge is -2.30. The van der Waals surface area contributed by atoms with Crippen molar-refractivity contribution in [2.24, 2.45) is 0 Å². The molecule has 6 N–H and O–H groups in total. The number of likely N-dealkylation sites (tertiary alicyclic amines) is 3. The molecule has 19 rings (SSSR count). The molecule has 7 aromatic heterocycles. The van der Waals surface area contributed by atoms with Crippen molar-refractivity contribution < 1.29 is 33.3 Å². The quantitative estimate of drug-likeness (QED) is 0.0447. The van der Waals surface area contributed by atoms with E-state index in [1.165, 1.54) is 53.8 Å². The first-order valence-electron chi connectivity index (χ1n) is 42.3. The van der Waals surface area contributed by atoms with Gasteiger partial charge in [-0.05, 0) is 186 Å². The SMILES string of the molecule is CN(C/C=C/C(=O)N1CCC(n2c(=O)n(-c3ccc(Oc4ccccc4)cc3)c3c(N)ncnc32)C1)C1CCOCC1.CN(C/C=C/C(=O)N1CCC(n2c(=O)n(-c3ccc(Oc4ccccc4)cc3)c3c(N)ncnc32)C1)c1ccccn1.Nc1ncnc2c1n(-c1ccc(Oc3ccccc3)cc1)c(=O)n2C1CCN(C(=O)/C=C/CN(C2CC2)C2CC2)C1. The normalized spacial score (nSPS) is 17.3. The second kappa shape index (κ2) is 37.5. The van der Waals surface area contributed by atoms with E-state index in [1.54, 1.807) is 88.9 Å². The van der Waals surface area contributed by atoms with Crippen molar-refractivity contribution in [3.8, 4) is 51.6 Å². The van der Waals surface area contributed by atoms with Gasteiger partial charge in [0, 0.05) is 122 Å². The van der Waals surface area contributed by atoms with Crippen molar-refractivity contribution in [2.45, 2.75) is 94.0 Å².